The largest absolute Gasteiger partial charge is 0.478 e. The smallest absolute Gasteiger partial charge is 0.338 e. The standard InChI is InChI=1S/C11H12O4S/c1-3-16-9-6-7(10(12)13)4-5-8(9)11(14)15-2/h4-6H,3H2,1-2H3,(H,12,13). The van der Waals surface area contributed by atoms with Gasteiger partial charge in [0.15, 0.2) is 0 Å². The highest BCUT2D eigenvalue weighted by Crippen LogP contribution is 2.24. The van der Waals surface area contributed by atoms with Crippen molar-refractivity contribution in [2.45, 2.75) is 11.8 Å². The van der Waals surface area contributed by atoms with Crippen LogP contribution in [0.25, 0.3) is 0 Å². The zero-order chi connectivity index (χ0) is 12.1. The molecule has 1 N–H and O–H groups in total. The maximum Gasteiger partial charge on any atom is 0.338 e. The first kappa shape index (κ1) is 12.6. The number of benzene rings is 1. The minimum absolute atomic E-state index is 0.170. The van der Waals surface area contributed by atoms with Crippen molar-refractivity contribution in [2.75, 3.05) is 12.9 Å². The van der Waals surface area contributed by atoms with Crippen molar-refractivity contribution in [1.29, 1.82) is 0 Å². The first-order valence-electron chi connectivity index (χ1n) is 4.68. The van der Waals surface area contributed by atoms with Crippen molar-refractivity contribution >= 4 is 23.7 Å². The zero-order valence-corrected chi connectivity index (χ0v) is 9.84. The number of aromatic carboxylic acids is 1. The number of carboxylic acid groups (broad SMARTS) is 1. The fraction of sp³-hybridized carbons (Fsp3) is 0.273. The second-order valence-electron chi connectivity index (χ2n) is 2.94. The third kappa shape index (κ3) is 2.76. The molecule has 1 aromatic rings. The Labute approximate surface area is 97.6 Å². The third-order valence-electron chi connectivity index (χ3n) is 1.93. The molecule has 0 bridgehead atoms. The average molecular weight is 240 g/mol. The van der Waals surface area contributed by atoms with Crippen molar-refractivity contribution in [3.63, 3.8) is 0 Å². The lowest BCUT2D eigenvalue weighted by Gasteiger charge is -2.07. The molecule has 0 unspecified atom stereocenters. The topological polar surface area (TPSA) is 63.6 Å². The van der Waals surface area contributed by atoms with Crippen LogP contribution < -0.4 is 0 Å². The van der Waals surface area contributed by atoms with Crippen LogP contribution in [0.3, 0.4) is 0 Å². The molecule has 0 saturated heterocycles. The minimum Gasteiger partial charge on any atom is -0.478 e. The van der Waals surface area contributed by atoms with Crippen LogP contribution in [0, 0.1) is 0 Å². The Bertz CT molecular complexity index is 414. The summed E-state index contributed by atoms with van der Waals surface area (Å²) in [5.74, 6) is -0.699. The van der Waals surface area contributed by atoms with Gasteiger partial charge in [0.05, 0.1) is 18.2 Å². The molecule has 16 heavy (non-hydrogen) atoms. The molecule has 1 aromatic carbocycles. The Balaban J connectivity index is 3.18. The average Bonchev–Trinajstić information content (AvgIpc) is 2.28. The van der Waals surface area contributed by atoms with E-state index in [0.717, 1.165) is 5.75 Å². The van der Waals surface area contributed by atoms with Crippen molar-refractivity contribution in [1.82, 2.24) is 0 Å². The summed E-state index contributed by atoms with van der Waals surface area (Å²) in [6.07, 6.45) is 0. The van der Waals surface area contributed by atoms with Gasteiger partial charge in [0, 0.05) is 4.90 Å². The van der Waals surface area contributed by atoms with Gasteiger partial charge in [0.25, 0.3) is 0 Å². The summed E-state index contributed by atoms with van der Waals surface area (Å²) >= 11 is 1.41. The van der Waals surface area contributed by atoms with Gasteiger partial charge in [-0.2, -0.15) is 0 Å². The molecular weight excluding hydrogens is 228 g/mol. The summed E-state index contributed by atoms with van der Waals surface area (Å²) in [5.41, 5.74) is 0.572. The molecule has 4 nitrogen and oxygen atoms in total. The molecule has 86 valence electrons. The number of hydrogen-bond donors (Lipinski definition) is 1. The maximum absolute atomic E-state index is 11.4. The van der Waals surface area contributed by atoms with E-state index in [1.165, 1.54) is 37.1 Å². The van der Waals surface area contributed by atoms with Gasteiger partial charge in [-0.25, -0.2) is 9.59 Å². The van der Waals surface area contributed by atoms with Crippen molar-refractivity contribution < 1.29 is 19.4 Å². The predicted molar refractivity (Wildman–Crippen MR) is 61.1 cm³/mol. The minimum atomic E-state index is -1.01. The molecule has 0 heterocycles. The highest BCUT2D eigenvalue weighted by molar-refractivity contribution is 7.99. The quantitative estimate of drug-likeness (QED) is 0.646. The van der Waals surface area contributed by atoms with Crippen LogP contribution in [0.1, 0.15) is 27.6 Å². The first-order valence-corrected chi connectivity index (χ1v) is 5.67. The van der Waals surface area contributed by atoms with E-state index in [0.29, 0.717) is 10.5 Å². The summed E-state index contributed by atoms with van der Waals surface area (Å²) in [7, 11) is 1.30. The van der Waals surface area contributed by atoms with Crippen LogP contribution in [0.15, 0.2) is 23.1 Å². The van der Waals surface area contributed by atoms with Crippen LogP contribution in [-0.4, -0.2) is 29.9 Å². The number of rotatable bonds is 4. The normalized spacial score (nSPS) is 9.88. The maximum atomic E-state index is 11.4. The molecular formula is C11H12O4S. The lowest BCUT2D eigenvalue weighted by Crippen LogP contribution is -2.05. The van der Waals surface area contributed by atoms with Crippen molar-refractivity contribution in [3.8, 4) is 0 Å². The highest BCUT2D eigenvalue weighted by Gasteiger charge is 2.14. The van der Waals surface area contributed by atoms with E-state index in [1.807, 2.05) is 6.92 Å². The van der Waals surface area contributed by atoms with Crippen molar-refractivity contribution in [3.05, 3.63) is 29.3 Å². The summed E-state index contributed by atoms with van der Waals surface area (Å²) in [5, 5.41) is 8.84. The number of carbonyl (C=O) groups excluding carboxylic acids is 1. The number of esters is 1. The first-order chi connectivity index (χ1) is 7.60. The van der Waals surface area contributed by atoms with Gasteiger partial charge >= 0.3 is 11.9 Å². The molecule has 0 aliphatic heterocycles. The van der Waals surface area contributed by atoms with E-state index < -0.39 is 11.9 Å². The highest BCUT2D eigenvalue weighted by atomic mass is 32.2. The number of ether oxygens (including phenoxy) is 1. The lowest BCUT2D eigenvalue weighted by atomic mass is 10.1. The van der Waals surface area contributed by atoms with Crippen LogP contribution in [0.4, 0.5) is 0 Å². The predicted octanol–water partition coefficient (Wildman–Crippen LogP) is 2.28. The van der Waals surface area contributed by atoms with Gasteiger partial charge in [-0.15, -0.1) is 11.8 Å². The van der Waals surface area contributed by atoms with E-state index in [-0.39, 0.29) is 5.56 Å². The molecule has 0 atom stereocenters. The fourth-order valence-electron chi connectivity index (χ4n) is 1.21. The summed E-state index contributed by atoms with van der Waals surface area (Å²) in [6, 6.07) is 4.37. The van der Waals surface area contributed by atoms with Crippen molar-refractivity contribution in [2.24, 2.45) is 0 Å². The molecule has 0 aliphatic rings. The van der Waals surface area contributed by atoms with E-state index in [4.69, 9.17) is 5.11 Å². The van der Waals surface area contributed by atoms with Crippen LogP contribution in [0.5, 0.6) is 0 Å². The molecule has 1 rings (SSSR count). The molecule has 5 heteroatoms. The number of methoxy groups -OCH3 is 1. The second-order valence-corrected chi connectivity index (χ2v) is 4.25. The molecule has 0 saturated carbocycles. The summed E-state index contributed by atoms with van der Waals surface area (Å²) in [4.78, 5) is 22.8. The van der Waals surface area contributed by atoms with Gasteiger partial charge in [0.1, 0.15) is 0 Å². The van der Waals surface area contributed by atoms with Gasteiger partial charge < -0.3 is 9.84 Å². The molecule has 0 aromatic heterocycles. The Morgan fingerprint density at radius 2 is 2.12 bits per heavy atom. The fourth-order valence-corrected chi connectivity index (χ4v) is 2.04. The van der Waals surface area contributed by atoms with Gasteiger partial charge in [-0.1, -0.05) is 6.92 Å². The van der Waals surface area contributed by atoms with Gasteiger partial charge in [0.2, 0.25) is 0 Å². The molecule has 0 aliphatic carbocycles. The van der Waals surface area contributed by atoms with Gasteiger partial charge in [-0.3, -0.25) is 0 Å². The Morgan fingerprint density at radius 3 is 2.62 bits per heavy atom. The summed E-state index contributed by atoms with van der Waals surface area (Å²) < 4.78 is 4.62. The monoisotopic (exact) mass is 240 g/mol. The van der Waals surface area contributed by atoms with Crippen LogP contribution in [-0.2, 0) is 4.74 Å². The van der Waals surface area contributed by atoms with E-state index in [9.17, 15) is 9.59 Å². The van der Waals surface area contributed by atoms with E-state index >= 15 is 0 Å². The Morgan fingerprint density at radius 1 is 1.44 bits per heavy atom. The zero-order valence-electron chi connectivity index (χ0n) is 9.02. The summed E-state index contributed by atoms with van der Waals surface area (Å²) in [6.45, 7) is 1.93. The number of carboxylic acids is 1. The third-order valence-corrected chi connectivity index (χ3v) is 2.87. The molecule has 0 radical (unpaired) electrons. The Hall–Kier alpha value is -1.49. The number of thioether (sulfide) groups is 1. The van der Waals surface area contributed by atoms with E-state index in [2.05, 4.69) is 4.74 Å². The van der Waals surface area contributed by atoms with Crippen LogP contribution in [0.2, 0.25) is 0 Å². The molecule has 0 amide bonds. The van der Waals surface area contributed by atoms with E-state index in [1.54, 1.807) is 0 Å². The lowest BCUT2D eigenvalue weighted by molar-refractivity contribution is 0.0594. The van der Waals surface area contributed by atoms with Crippen LogP contribution >= 0.6 is 11.8 Å². The number of carbonyl (C=O) groups is 2. The number of hydrogen-bond acceptors (Lipinski definition) is 4. The Kier molecular flexibility index (Phi) is 4.37. The molecule has 0 spiro atoms. The second kappa shape index (κ2) is 5.55. The van der Waals surface area contributed by atoms with Gasteiger partial charge in [-0.05, 0) is 24.0 Å². The SMILES string of the molecule is CCSc1cc(C(=O)O)ccc1C(=O)OC. The molecule has 0 fully saturated rings.